The number of halogens is 1. The first-order valence-electron chi connectivity index (χ1n) is 9.77. The van der Waals surface area contributed by atoms with Gasteiger partial charge in [0.15, 0.2) is 0 Å². The fraction of sp³-hybridized carbons (Fsp3) is 0.150. The Morgan fingerprint density at radius 3 is 2.91 bits per heavy atom. The van der Waals surface area contributed by atoms with Crippen LogP contribution in [-0.2, 0) is 6.42 Å². The summed E-state index contributed by atoms with van der Waals surface area (Å²) in [7, 11) is 0. The van der Waals surface area contributed by atoms with Crippen molar-refractivity contribution in [3.05, 3.63) is 78.0 Å². The molecule has 32 heavy (non-hydrogen) atoms. The highest BCUT2D eigenvalue weighted by molar-refractivity contribution is 5.90. The fourth-order valence-electron chi connectivity index (χ4n) is 3.86. The molecular weight excluding hydrogens is 417 g/mol. The Balaban J connectivity index is 1.41. The van der Waals surface area contributed by atoms with Gasteiger partial charge in [0.05, 0.1) is 17.7 Å². The van der Waals surface area contributed by atoms with Crippen LogP contribution in [0.3, 0.4) is 0 Å². The zero-order valence-electron chi connectivity index (χ0n) is 16.4. The molecule has 1 aliphatic rings. The molecule has 1 atom stereocenters. The van der Waals surface area contributed by atoms with Gasteiger partial charge in [-0.3, -0.25) is 4.79 Å². The number of nitrogens with zero attached hydrogens (tertiary/aromatic N) is 8. The molecule has 5 aromatic heterocycles. The van der Waals surface area contributed by atoms with Gasteiger partial charge in [0, 0.05) is 37.3 Å². The summed E-state index contributed by atoms with van der Waals surface area (Å²) in [6.45, 7) is 0.356. The molecule has 0 bridgehead atoms. The van der Waals surface area contributed by atoms with Crippen LogP contribution in [0.5, 0.6) is 0 Å². The Kier molecular flexibility index (Phi) is 4.03. The first-order chi connectivity index (χ1) is 15.7. The standard InChI is InChI=1S/C20H14FN9O2/c21-11-3-1-7-30-14(11)9-13(28-30)16-15-12(24-10-25-15)4-8-29(16)20(31)19-27-26-18(32-19)17-22-5-2-6-23-17/h1-3,5-7,9-10,16H,4,8H2,(H,24,25)/t16-/m1/s1. The number of amides is 1. The number of aromatic nitrogens is 8. The third kappa shape index (κ3) is 2.84. The van der Waals surface area contributed by atoms with Crippen LogP contribution in [0.1, 0.15) is 33.8 Å². The van der Waals surface area contributed by atoms with Gasteiger partial charge >= 0.3 is 11.8 Å². The number of pyridine rings is 1. The van der Waals surface area contributed by atoms with Crippen LogP contribution in [0, 0.1) is 5.82 Å². The Morgan fingerprint density at radius 2 is 2.06 bits per heavy atom. The highest BCUT2D eigenvalue weighted by Crippen LogP contribution is 2.34. The summed E-state index contributed by atoms with van der Waals surface area (Å²) in [5.41, 5.74) is 2.31. The Morgan fingerprint density at radius 1 is 1.19 bits per heavy atom. The number of rotatable bonds is 3. The van der Waals surface area contributed by atoms with Crippen molar-refractivity contribution in [3.8, 4) is 11.7 Å². The number of carbonyl (C=O) groups excluding carboxylic acids is 1. The molecule has 0 aromatic carbocycles. The van der Waals surface area contributed by atoms with Crippen LogP contribution in [0.15, 0.2) is 53.6 Å². The van der Waals surface area contributed by atoms with Gasteiger partial charge in [0.1, 0.15) is 17.4 Å². The molecular formula is C20H14FN9O2. The van der Waals surface area contributed by atoms with E-state index in [1.165, 1.54) is 23.0 Å². The predicted octanol–water partition coefficient (Wildman–Crippen LogP) is 1.82. The third-order valence-corrected chi connectivity index (χ3v) is 5.30. The predicted molar refractivity (Wildman–Crippen MR) is 106 cm³/mol. The molecule has 1 amide bonds. The van der Waals surface area contributed by atoms with E-state index >= 15 is 0 Å². The average molecular weight is 431 g/mol. The van der Waals surface area contributed by atoms with Gasteiger partial charge in [-0.15, -0.1) is 10.2 Å². The molecule has 1 aliphatic heterocycles. The van der Waals surface area contributed by atoms with Crippen LogP contribution in [0.4, 0.5) is 4.39 Å². The highest BCUT2D eigenvalue weighted by atomic mass is 19.1. The number of hydrogen-bond donors (Lipinski definition) is 1. The van der Waals surface area contributed by atoms with Gasteiger partial charge in [-0.1, -0.05) is 0 Å². The van der Waals surface area contributed by atoms with E-state index in [2.05, 4.69) is 35.2 Å². The maximum absolute atomic E-state index is 14.3. The van der Waals surface area contributed by atoms with Crippen molar-refractivity contribution in [2.24, 2.45) is 0 Å². The minimum atomic E-state index is -0.653. The fourth-order valence-corrected chi connectivity index (χ4v) is 3.86. The van der Waals surface area contributed by atoms with E-state index in [0.29, 0.717) is 29.9 Å². The van der Waals surface area contributed by atoms with Crippen molar-refractivity contribution in [2.75, 3.05) is 6.54 Å². The highest BCUT2D eigenvalue weighted by Gasteiger charge is 2.38. The summed E-state index contributed by atoms with van der Waals surface area (Å²) >= 11 is 0. The molecule has 0 unspecified atom stereocenters. The normalized spacial score (nSPS) is 15.8. The lowest BCUT2D eigenvalue weighted by Gasteiger charge is -2.32. The van der Waals surface area contributed by atoms with Crippen LogP contribution >= 0.6 is 0 Å². The van der Waals surface area contributed by atoms with Crippen molar-refractivity contribution in [2.45, 2.75) is 12.5 Å². The molecule has 0 spiro atoms. The number of hydrogen-bond acceptors (Lipinski definition) is 8. The van der Waals surface area contributed by atoms with Crippen molar-refractivity contribution in [3.63, 3.8) is 0 Å². The second kappa shape index (κ2) is 7.04. The topological polar surface area (TPSA) is 131 Å². The maximum Gasteiger partial charge on any atom is 0.312 e. The third-order valence-electron chi connectivity index (χ3n) is 5.30. The minimum Gasteiger partial charge on any atom is -0.409 e. The first-order valence-corrected chi connectivity index (χ1v) is 9.77. The number of carbonyl (C=O) groups is 1. The van der Waals surface area contributed by atoms with E-state index in [0.717, 1.165) is 5.69 Å². The first kappa shape index (κ1) is 18.3. The Bertz CT molecular complexity index is 1440. The van der Waals surface area contributed by atoms with Crippen LogP contribution in [-0.4, -0.2) is 57.1 Å². The lowest BCUT2D eigenvalue weighted by Crippen LogP contribution is -2.41. The number of H-pyrrole nitrogens is 1. The minimum absolute atomic E-state index is 0.0396. The SMILES string of the molecule is O=C(c1nnc(-c2ncccn2)o1)N1CCc2[nH]cnc2[C@H]1c1cc2c(F)cccn2n1. The van der Waals surface area contributed by atoms with E-state index in [9.17, 15) is 9.18 Å². The van der Waals surface area contributed by atoms with Crippen molar-refractivity contribution in [1.82, 2.24) is 44.6 Å². The maximum atomic E-state index is 14.3. The van der Waals surface area contributed by atoms with Crippen molar-refractivity contribution < 1.29 is 13.6 Å². The lowest BCUT2D eigenvalue weighted by atomic mass is 9.99. The quantitative estimate of drug-likeness (QED) is 0.458. The smallest absolute Gasteiger partial charge is 0.312 e. The molecule has 12 heteroatoms. The number of fused-ring (bicyclic) bond motifs is 2. The van der Waals surface area contributed by atoms with Gasteiger partial charge in [0.2, 0.25) is 5.82 Å². The molecule has 0 radical (unpaired) electrons. The molecule has 0 aliphatic carbocycles. The Labute approximate surface area is 179 Å². The summed E-state index contributed by atoms with van der Waals surface area (Å²) in [5.74, 6) is -0.841. The monoisotopic (exact) mass is 431 g/mol. The molecule has 6 heterocycles. The largest absolute Gasteiger partial charge is 0.409 e. The molecule has 5 aromatic rings. The summed E-state index contributed by atoms with van der Waals surface area (Å²) in [6, 6.07) is 5.54. The van der Waals surface area contributed by atoms with E-state index < -0.39 is 17.8 Å². The summed E-state index contributed by atoms with van der Waals surface area (Å²) in [4.78, 5) is 30.6. The molecule has 6 rings (SSSR count). The molecule has 1 N–H and O–H groups in total. The van der Waals surface area contributed by atoms with Gasteiger partial charge in [0.25, 0.3) is 5.89 Å². The average Bonchev–Trinajstić information content (AvgIpc) is 3.58. The van der Waals surface area contributed by atoms with Crippen LogP contribution in [0.2, 0.25) is 0 Å². The molecule has 0 saturated carbocycles. The van der Waals surface area contributed by atoms with E-state index in [1.807, 2.05) is 0 Å². The lowest BCUT2D eigenvalue weighted by molar-refractivity contribution is 0.0646. The van der Waals surface area contributed by atoms with Gasteiger partial charge in [-0.25, -0.2) is 23.9 Å². The van der Waals surface area contributed by atoms with E-state index in [-0.39, 0.29) is 17.6 Å². The number of imidazole rings is 1. The van der Waals surface area contributed by atoms with Gasteiger partial charge < -0.3 is 14.3 Å². The molecule has 158 valence electrons. The van der Waals surface area contributed by atoms with Gasteiger partial charge in [-0.05, 0) is 24.3 Å². The van der Waals surface area contributed by atoms with E-state index in [4.69, 9.17) is 4.42 Å². The summed E-state index contributed by atoms with van der Waals surface area (Å²) in [6.07, 6.45) is 6.85. The zero-order chi connectivity index (χ0) is 21.7. The molecule has 11 nitrogen and oxygen atoms in total. The van der Waals surface area contributed by atoms with Crippen LogP contribution < -0.4 is 0 Å². The molecule has 0 saturated heterocycles. The van der Waals surface area contributed by atoms with E-state index in [1.54, 1.807) is 35.6 Å². The van der Waals surface area contributed by atoms with Gasteiger partial charge in [-0.2, -0.15) is 5.10 Å². The van der Waals surface area contributed by atoms with Crippen LogP contribution in [0.25, 0.3) is 17.2 Å². The second-order valence-electron chi connectivity index (χ2n) is 7.16. The second-order valence-corrected chi connectivity index (χ2v) is 7.16. The zero-order valence-corrected chi connectivity index (χ0v) is 16.4. The number of nitrogens with one attached hydrogen (secondary N) is 1. The van der Waals surface area contributed by atoms with Crippen molar-refractivity contribution in [1.29, 1.82) is 0 Å². The number of aromatic amines is 1. The summed E-state index contributed by atoms with van der Waals surface area (Å²) < 4.78 is 21.3. The van der Waals surface area contributed by atoms with Crippen molar-refractivity contribution >= 4 is 11.4 Å². The summed E-state index contributed by atoms with van der Waals surface area (Å²) in [5, 5.41) is 12.3. The Hall–Kier alpha value is -4.48. The molecule has 0 fully saturated rings.